The molecule has 0 bridgehead atoms. The van der Waals surface area contributed by atoms with E-state index >= 15 is 0 Å². The minimum atomic E-state index is -0.00352. The van der Waals surface area contributed by atoms with Gasteiger partial charge in [-0.25, -0.2) is 0 Å². The van der Waals surface area contributed by atoms with E-state index in [9.17, 15) is 10.2 Å². The number of fused-ring (bicyclic) bond motifs is 2. The van der Waals surface area contributed by atoms with Crippen molar-refractivity contribution in [3.05, 3.63) is 72.1 Å². The minimum Gasteiger partial charge on any atom is -0.871 e. The third-order valence-corrected chi connectivity index (χ3v) is 3.64. The maximum absolute atomic E-state index is 11.3. The van der Waals surface area contributed by atoms with Gasteiger partial charge in [0, 0.05) is 11.4 Å². The van der Waals surface area contributed by atoms with E-state index in [-0.39, 0.29) is 28.9 Å². The Kier molecular flexibility index (Phi) is 5.98. The van der Waals surface area contributed by atoms with Crippen LogP contribution in [0.2, 0.25) is 0 Å². The molecule has 2 heterocycles. The summed E-state index contributed by atoms with van der Waals surface area (Å²) >= 11 is 0. The number of pyridine rings is 2. The maximum atomic E-state index is 11.3. The number of rotatable bonds is 0. The molecule has 0 aliphatic heterocycles. The Morgan fingerprint density at radius 2 is 1.00 bits per heavy atom. The van der Waals surface area contributed by atoms with Gasteiger partial charge in [-0.15, -0.1) is 0 Å². The number of aromatic nitrogens is 2. The molecule has 0 unspecified atom stereocenters. The summed E-state index contributed by atoms with van der Waals surface area (Å²) in [4.78, 5) is 8.33. The van der Waals surface area contributed by atoms with Crippen LogP contribution in [0.1, 0.15) is 11.4 Å². The van der Waals surface area contributed by atoms with Gasteiger partial charge in [0.1, 0.15) is 0 Å². The van der Waals surface area contributed by atoms with Crippen LogP contribution in [0.5, 0.6) is 11.5 Å². The van der Waals surface area contributed by atoms with Gasteiger partial charge in [-0.1, -0.05) is 60.0 Å². The molecule has 0 fully saturated rings. The van der Waals surface area contributed by atoms with Crippen LogP contribution < -0.4 is 10.2 Å². The van der Waals surface area contributed by atoms with Crippen LogP contribution in [0.15, 0.2) is 60.7 Å². The van der Waals surface area contributed by atoms with Crippen molar-refractivity contribution >= 4 is 39.2 Å². The van der Waals surface area contributed by atoms with Crippen molar-refractivity contribution in [2.45, 2.75) is 13.8 Å². The van der Waals surface area contributed by atoms with Gasteiger partial charge >= 0.3 is 17.4 Å². The summed E-state index contributed by atoms with van der Waals surface area (Å²) in [6.07, 6.45) is 0. The molecule has 0 aliphatic carbocycles. The predicted octanol–water partition coefficient (Wildman–Crippen LogP) is 2.85. The van der Waals surface area contributed by atoms with E-state index in [1.165, 1.54) is 12.1 Å². The molecule has 0 atom stereocenters. The summed E-state index contributed by atoms with van der Waals surface area (Å²) in [7, 11) is 0. The second-order valence-corrected chi connectivity index (χ2v) is 5.56. The first kappa shape index (κ1) is 18.7. The van der Waals surface area contributed by atoms with E-state index in [4.69, 9.17) is 0 Å². The molecule has 0 saturated carbocycles. The van der Waals surface area contributed by atoms with E-state index in [1.807, 2.05) is 50.2 Å². The third-order valence-electron chi connectivity index (χ3n) is 3.64. The van der Waals surface area contributed by atoms with Crippen LogP contribution in [-0.2, 0) is 0 Å². The van der Waals surface area contributed by atoms with Gasteiger partial charge in [-0.3, -0.25) is 9.97 Å². The molecule has 0 N–H and O–H groups in total. The molecule has 25 heavy (non-hydrogen) atoms. The number of hydrogen-bond acceptors (Lipinski definition) is 4. The molecule has 0 amide bonds. The van der Waals surface area contributed by atoms with Crippen molar-refractivity contribution in [3.63, 3.8) is 0 Å². The molecule has 0 saturated heterocycles. The van der Waals surface area contributed by atoms with Crippen LogP contribution in [-0.4, -0.2) is 27.3 Å². The van der Waals surface area contributed by atoms with Crippen molar-refractivity contribution in [3.8, 4) is 11.5 Å². The Bertz CT molecular complexity index is 936. The number of benzene rings is 2. The molecule has 0 spiro atoms. The molecule has 120 valence electrons. The molecule has 2 aromatic carbocycles. The number of aryl methyl sites for hydroxylation is 2. The molecule has 4 rings (SSSR count). The summed E-state index contributed by atoms with van der Waals surface area (Å²) in [5, 5.41) is 24.4. The molecule has 4 aromatic rings. The second kappa shape index (κ2) is 7.98. The smallest absolute Gasteiger partial charge is 0.871 e. The van der Waals surface area contributed by atoms with E-state index in [0.29, 0.717) is 11.0 Å². The van der Waals surface area contributed by atoms with Crippen molar-refractivity contribution in [2.24, 2.45) is 0 Å². The average Bonchev–Trinajstić information content (AvgIpc) is 2.57. The molecule has 5 heteroatoms. The van der Waals surface area contributed by atoms with Crippen molar-refractivity contribution in [2.75, 3.05) is 0 Å². The quantitative estimate of drug-likeness (QED) is 0.460. The largest absolute Gasteiger partial charge is 3.00 e. The Hall–Kier alpha value is -2.61. The SMILES string of the molecule is Cc1ccc2cccc([O-])c2n1.Cc1ccc2cccc([O-])c2n1.[Al+3]. The van der Waals surface area contributed by atoms with Crippen molar-refractivity contribution < 1.29 is 10.2 Å². The zero-order chi connectivity index (χ0) is 17.1. The molecular weight excluding hydrogens is 327 g/mol. The molecule has 0 radical (unpaired) electrons. The topological polar surface area (TPSA) is 71.9 Å². The van der Waals surface area contributed by atoms with Gasteiger partial charge in [0.15, 0.2) is 0 Å². The fraction of sp³-hybridized carbons (Fsp3) is 0.100. The van der Waals surface area contributed by atoms with E-state index in [0.717, 1.165) is 22.2 Å². The summed E-state index contributed by atoms with van der Waals surface area (Å²) in [5.41, 5.74) is 2.90. The fourth-order valence-corrected chi connectivity index (χ4v) is 2.43. The molecule has 2 aromatic heterocycles. The van der Waals surface area contributed by atoms with Gasteiger partial charge in [-0.05, 0) is 36.8 Å². The number of para-hydroxylation sites is 2. The Morgan fingerprint density at radius 1 is 0.600 bits per heavy atom. The second-order valence-electron chi connectivity index (χ2n) is 5.56. The summed E-state index contributed by atoms with van der Waals surface area (Å²) < 4.78 is 0. The van der Waals surface area contributed by atoms with Crippen LogP contribution >= 0.6 is 0 Å². The van der Waals surface area contributed by atoms with Crippen molar-refractivity contribution in [1.82, 2.24) is 9.97 Å². The van der Waals surface area contributed by atoms with Gasteiger partial charge in [0.25, 0.3) is 0 Å². The zero-order valence-corrected chi connectivity index (χ0v) is 15.2. The van der Waals surface area contributed by atoms with Crippen LogP contribution in [0.4, 0.5) is 0 Å². The van der Waals surface area contributed by atoms with E-state index < -0.39 is 0 Å². The monoisotopic (exact) mass is 343 g/mol. The first-order chi connectivity index (χ1) is 11.5. The summed E-state index contributed by atoms with van der Waals surface area (Å²) in [6.45, 7) is 3.76. The Labute approximate surface area is 156 Å². The van der Waals surface area contributed by atoms with Crippen LogP contribution in [0.3, 0.4) is 0 Å². The molecular formula is C20H16AlN2O2+. The normalized spacial score (nSPS) is 10.0. The summed E-state index contributed by atoms with van der Waals surface area (Å²) in [5.74, 6) is -0.00704. The van der Waals surface area contributed by atoms with Crippen LogP contribution in [0, 0.1) is 13.8 Å². The van der Waals surface area contributed by atoms with Gasteiger partial charge in [-0.2, -0.15) is 0 Å². The van der Waals surface area contributed by atoms with Gasteiger partial charge in [0.2, 0.25) is 0 Å². The third kappa shape index (κ3) is 4.27. The minimum absolute atomic E-state index is 0. The van der Waals surface area contributed by atoms with E-state index in [1.54, 1.807) is 12.1 Å². The fourth-order valence-electron chi connectivity index (χ4n) is 2.43. The first-order valence-corrected chi connectivity index (χ1v) is 7.61. The molecule has 4 nitrogen and oxygen atoms in total. The summed E-state index contributed by atoms with van der Waals surface area (Å²) in [6, 6.07) is 18.0. The number of nitrogens with zero attached hydrogens (tertiary/aromatic N) is 2. The first-order valence-electron chi connectivity index (χ1n) is 7.61. The predicted molar refractivity (Wildman–Crippen MR) is 97.6 cm³/mol. The Morgan fingerprint density at radius 3 is 1.40 bits per heavy atom. The standard InChI is InChI=1S/2C10H9NO.Al/c2*1-7-5-6-8-3-2-4-9(12)10(8)11-7;/h2*2-6,12H,1H3;/q;;+3/p-2. The maximum Gasteiger partial charge on any atom is 3.00 e. The van der Waals surface area contributed by atoms with Gasteiger partial charge < -0.3 is 10.2 Å². The van der Waals surface area contributed by atoms with Gasteiger partial charge in [0.05, 0.1) is 11.0 Å². The Balaban J connectivity index is 0.000000173. The average molecular weight is 343 g/mol. The number of hydrogen-bond donors (Lipinski definition) is 0. The van der Waals surface area contributed by atoms with Crippen molar-refractivity contribution in [1.29, 1.82) is 0 Å². The zero-order valence-electron chi connectivity index (χ0n) is 14.1. The molecule has 0 aliphatic rings. The van der Waals surface area contributed by atoms with E-state index in [2.05, 4.69) is 9.97 Å². The van der Waals surface area contributed by atoms with Crippen LogP contribution in [0.25, 0.3) is 21.8 Å².